The SMILES string of the molecule is CC(CN)OC(C)(C)S. The van der Waals surface area contributed by atoms with E-state index in [2.05, 4.69) is 12.6 Å². The van der Waals surface area contributed by atoms with Crippen LogP contribution in [0.15, 0.2) is 0 Å². The van der Waals surface area contributed by atoms with Gasteiger partial charge in [0.1, 0.15) is 4.93 Å². The van der Waals surface area contributed by atoms with Crippen molar-refractivity contribution in [1.82, 2.24) is 0 Å². The van der Waals surface area contributed by atoms with Crippen LogP contribution in [0.4, 0.5) is 0 Å². The van der Waals surface area contributed by atoms with Crippen LogP contribution in [0.5, 0.6) is 0 Å². The van der Waals surface area contributed by atoms with Crippen LogP contribution in [-0.4, -0.2) is 17.6 Å². The molecule has 0 aliphatic carbocycles. The van der Waals surface area contributed by atoms with Crippen LogP contribution in [0, 0.1) is 0 Å². The Balaban J connectivity index is 3.47. The molecule has 0 aromatic heterocycles. The number of ether oxygens (including phenoxy) is 1. The van der Waals surface area contributed by atoms with Crippen molar-refractivity contribution in [3.05, 3.63) is 0 Å². The van der Waals surface area contributed by atoms with E-state index in [-0.39, 0.29) is 11.0 Å². The van der Waals surface area contributed by atoms with E-state index < -0.39 is 0 Å². The lowest BCUT2D eigenvalue weighted by atomic mass is 10.4. The van der Waals surface area contributed by atoms with Crippen molar-refractivity contribution in [2.45, 2.75) is 31.8 Å². The van der Waals surface area contributed by atoms with E-state index in [1.54, 1.807) is 0 Å². The largest absolute Gasteiger partial charge is 0.361 e. The summed E-state index contributed by atoms with van der Waals surface area (Å²) in [4.78, 5) is -0.362. The first-order valence-corrected chi connectivity index (χ1v) is 3.50. The fourth-order valence-electron chi connectivity index (χ4n) is 0.540. The van der Waals surface area contributed by atoms with Gasteiger partial charge in [-0.3, -0.25) is 0 Å². The maximum Gasteiger partial charge on any atom is 0.105 e. The van der Waals surface area contributed by atoms with E-state index in [1.165, 1.54) is 0 Å². The van der Waals surface area contributed by atoms with E-state index in [1.807, 2.05) is 20.8 Å². The van der Waals surface area contributed by atoms with Crippen molar-refractivity contribution < 1.29 is 4.74 Å². The monoisotopic (exact) mass is 149 g/mol. The molecular formula is C6H15NOS. The topological polar surface area (TPSA) is 35.2 Å². The zero-order chi connectivity index (χ0) is 7.49. The van der Waals surface area contributed by atoms with Crippen molar-refractivity contribution in [3.63, 3.8) is 0 Å². The van der Waals surface area contributed by atoms with Crippen LogP contribution < -0.4 is 5.73 Å². The summed E-state index contributed by atoms with van der Waals surface area (Å²) in [7, 11) is 0. The number of hydrogen-bond donors (Lipinski definition) is 2. The minimum absolute atomic E-state index is 0.0949. The fraction of sp³-hybridized carbons (Fsp3) is 1.00. The van der Waals surface area contributed by atoms with Gasteiger partial charge in [-0.1, -0.05) is 0 Å². The maximum absolute atomic E-state index is 5.33. The van der Waals surface area contributed by atoms with Gasteiger partial charge in [0.05, 0.1) is 6.10 Å². The van der Waals surface area contributed by atoms with Gasteiger partial charge in [-0.05, 0) is 20.8 Å². The normalized spacial score (nSPS) is 15.7. The van der Waals surface area contributed by atoms with E-state index in [0.29, 0.717) is 6.54 Å². The summed E-state index contributed by atoms with van der Waals surface area (Å²) in [6.07, 6.45) is 0.0949. The molecule has 0 bridgehead atoms. The molecular weight excluding hydrogens is 134 g/mol. The molecule has 0 saturated heterocycles. The predicted octanol–water partition coefficient (Wildman–Crippen LogP) is 1.02. The molecule has 0 heterocycles. The Labute approximate surface area is 62.2 Å². The summed E-state index contributed by atoms with van der Waals surface area (Å²) < 4.78 is 5.33. The third-order valence-corrected chi connectivity index (χ3v) is 0.927. The number of hydrogen-bond acceptors (Lipinski definition) is 3. The van der Waals surface area contributed by atoms with Crippen LogP contribution in [0.1, 0.15) is 20.8 Å². The molecule has 56 valence electrons. The summed E-state index contributed by atoms with van der Waals surface area (Å²) in [6, 6.07) is 0. The molecule has 0 spiro atoms. The van der Waals surface area contributed by atoms with Crippen molar-refractivity contribution in [2.75, 3.05) is 6.54 Å². The van der Waals surface area contributed by atoms with Crippen LogP contribution in [0.25, 0.3) is 0 Å². The number of rotatable bonds is 3. The molecule has 9 heavy (non-hydrogen) atoms. The second-order valence-corrected chi connectivity index (χ2v) is 3.69. The molecule has 1 unspecified atom stereocenters. The smallest absolute Gasteiger partial charge is 0.105 e. The summed E-state index contributed by atoms with van der Waals surface area (Å²) in [5.74, 6) is 0. The van der Waals surface area contributed by atoms with E-state index in [9.17, 15) is 0 Å². The summed E-state index contributed by atoms with van der Waals surface area (Å²) >= 11 is 4.17. The Morgan fingerprint density at radius 3 is 2.22 bits per heavy atom. The van der Waals surface area contributed by atoms with Crippen molar-refractivity contribution in [3.8, 4) is 0 Å². The van der Waals surface area contributed by atoms with Crippen LogP contribution in [0.2, 0.25) is 0 Å². The lowest BCUT2D eigenvalue weighted by molar-refractivity contribution is 0.00273. The quantitative estimate of drug-likeness (QED) is 0.464. The average molecular weight is 149 g/mol. The highest BCUT2D eigenvalue weighted by molar-refractivity contribution is 7.81. The average Bonchev–Trinajstić information content (AvgIpc) is 1.62. The number of thiol groups is 1. The first-order chi connectivity index (χ1) is 3.95. The highest BCUT2D eigenvalue weighted by atomic mass is 32.1. The second-order valence-electron chi connectivity index (χ2n) is 2.61. The fourth-order valence-corrected chi connectivity index (χ4v) is 0.720. The first-order valence-electron chi connectivity index (χ1n) is 3.06. The molecule has 2 nitrogen and oxygen atoms in total. The summed E-state index contributed by atoms with van der Waals surface area (Å²) in [5, 5.41) is 0. The molecule has 0 aliphatic heterocycles. The third-order valence-electron chi connectivity index (χ3n) is 0.822. The molecule has 1 atom stereocenters. The Kier molecular flexibility index (Phi) is 3.54. The predicted molar refractivity (Wildman–Crippen MR) is 42.7 cm³/mol. The highest BCUT2D eigenvalue weighted by Crippen LogP contribution is 2.15. The number of nitrogens with two attached hydrogens (primary N) is 1. The molecule has 3 heteroatoms. The van der Waals surface area contributed by atoms with Crippen LogP contribution in [0.3, 0.4) is 0 Å². The maximum atomic E-state index is 5.33. The van der Waals surface area contributed by atoms with Gasteiger partial charge in [0, 0.05) is 6.54 Å². The molecule has 0 rings (SSSR count). The lowest BCUT2D eigenvalue weighted by Gasteiger charge is -2.22. The van der Waals surface area contributed by atoms with Gasteiger partial charge in [-0.15, -0.1) is 12.6 Å². The van der Waals surface area contributed by atoms with Crippen molar-refractivity contribution in [1.29, 1.82) is 0 Å². The minimum Gasteiger partial charge on any atom is -0.361 e. The van der Waals surface area contributed by atoms with E-state index in [4.69, 9.17) is 10.5 Å². The standard InChI is InChI=1S/C6H15NOS/c1-5(4-7)8-6(2,3)9/h5,9H,4,7H2,1-3H3. The zero-order valence-corrected chi connectivity index (χ0v) is 7.11. The molecule has 0 fully saturated rings. The van der Waals surface area contributed by atoms with Gasteiger partial charge in [0.15, 0.2) is 0 Å². The molecule has 0 amide bonds. The van der Waals surface area contributed by atoms with Crippen molar-refractivity contribution >= 4 is 12.6 Å². The minimum atomic E-state index is -0.362. The van der Waals surface area contributed by atoms with Gasteiger partial charge >= 0.3 is 0 Å². The Hall–Kier alpha value is 0.270. The van der Waals surface area contributed by atoms with Crippen LogP contribution in [-0.2, 0) is 4.74 Å². The summed E-state index contributed by atoms with van der Waals surface area (Å²) in [6.45, 7) is 6.26. The van der Waals surface area contributed by atoms with E-state index in [0.717, 1.165) is 0 Å². The van der Waals surface area contributed by atoms with Gasteiger partial charge < -0.3 is 10.5 Å². The van der Waals surface area contributed by atoms with Crippen LogP contribution >= 0.6 is 12.6 Å². The van der Waals surface area contributed by atoms with Gasteiger partial charge in [-0.2, -0.15) is 0 Å². The van der Waals surface area contributed by atoms with Gasteiger partial charge in [0.25, 0.3) is 0 Å². The summed E-state index contributed by atoms with van der Waals surface area (Å²) in [5.41, 5.74) is 5.32. The first kappa shape index (κ1) is 9.27. The van der Waals surface area contributed by atoms with E-state index >= 15 is 0 Å². The van der Waals surface area contributed by atoms with Gasteiger partial charge in [-0.25, -0.2) is 0 Å². The van der Waals surface area contributed by atoms with Crippen molar-refractivity contribution in [2.24, 2.45) is 5.73 Å². The van der Waals surface area contributed by atoms with Gasteiger partial charge in [0.2, 0.25) is 0 Å². The Morgan fingerprint density at radius 1 is 1.67 bits per heavy atom. The molecule has 0 aromatic rings. The second kappa shape index (κ2) is 3.44. The molecule has 0 radical (unpaired) electrons. The molecule has 0 aromatic carbocycles. The Morgan fingerprint density at radius 2 is 2.11 bits per heavy atom. The molecule has 0 aliphatic rings. The zero-order valence-electron chi connectivity index (χ0n) is 6.22. The molecule has 2 N–H and O–H groups in total. The lowest BCUT2D eigenvalue weighted by Crippen LogP contribution is -2.28. The molecule has 0 saturated carbocycles. The third kappa shape index (κ3) is 6.15. The highest BCUT2D eigenvalue weighted by Gasteiger charge is 2.14. The Bertz CT molecular complexity index is 79.6.